The number of carbonyl (C=O) groups excluding carboxylic acids is 1. The van der Waals surface area contributed by atoms with Crippen LogP contribution in [0.3, 0.4) is 0 Å². The van der Waals surface area contributed by atoms with E-state index in [4.69, 9.17) is 4.74 Å². The van der Waals surface area contributed by atoms with E-state index in [1.165, 1.54) is 0 Å². The van der Waals surface area contributed by atoms with Crippen LogP contribution in [0.4, 0.5) is 5.82 Å². The van der Waals surface area contributed by atoms with Crippen molar-refractivity contribution < 1.29 is 9.53 Å². The Morgan fingerprint density at radius 1 is 1.04 bits per heavy atom. The van der Waals surface area contributed by atoms with Crippen molar-refractivity contribution >= 4 is 11.7 Å². The van der Waals surface area contributed by atoms with Gasteiger partial charge in [-0.1, -0.05) is 12.1 Å². The molecule has 148 valence electrons. The van der Waals surface area contributed by atoms with Gasteiger partial charge in [-0.2, -0.15) is 5.10 Å². The predicted molar refractivity (Wildman–Crippen MR) is 109 cm³/mol. The molecule has 2 aromatic rings. The molecule has 0 atom stereocenters. The van der Waals surface area contributed by atoms with Gasteiger partial charge in [-0.25, -0.2) is 0 Å². The van der Waals surface area contributed by atoms with Crippen LogP contribution in [-0.2, 0) is 10.2 Å². The summed E-state index contributed by atoms with van der Waals surface area (Å²) in [5.74, 6) is 2.01. The number of rotatable bonds is 4. The van der Waals surface area contributed by atoms with Crippen LogP contribution < -0.4 is 9.64 Å². The van der Waals surface area contributed by atoms with Gasteiger partial charge in [-0.3, -0.25) is 4.79 Å². The van der Waals surface area contributed by atoms with Crippen molar-refractivity contribution in [2.75, 3.05) is 38.2 Å². The van der Waals surface area contributed by atoms with E-state index in [1.807, 2.05) is 36.9 Å². The van der Waals surface area contributed by atoms with E-state index in [-0.39, 0.29) is 11.3 Å². The average molecular weight is 380 g/mol. The lowest BCUT2D eigenvalue weighted by atomic mass is 9.93. The zero-order chi connectivity index (χ0) is 19.7. The van der Waals surface area contributed by atoms with E-state index in [0.717, 1.165) is 73.8 Å². The summed E-state index contributed by atoms with van der Waals surface area (Å²) >= 11 is 0. The zero-order valence-electron chi connectivity index (χ0n) is 16.9. The van der Waals surface area contributed by atoms with Gasteiger partial charge in [0.15, 0.2) is 5.82 Å². The summed E-state index contributed by atoms with van der Waals surface area (Å²) in [7, 11) is 1.69. The number of nitrogens with zero attached hydrogens (tertiary/aromatic N) is 4. The first-order valence-electron chi connectivity index (χ1n) is 10.0. The highest BCUT2D eigenvalue weighted by molar-refractivity contribution is 5.91. The van der Waals surface area contributed by atoms with Crippen molar-refractivity contribution in [2.24, 2.45) is 0 Å². The minimum absolute atomic E-state index is 0.259. The van der Waals surface area contributed by atoms with Gasteiger partial charge in [0.25, 0.3) is 0 Å². The largest absolute Gasteiger partial charge is 0.496 e. The Bertz CT molecular complexity index is 861. The van der Waals surface area contributed by atoms with Gasteiger partial charge in [-0.05, 0) is 62.4 Å². The minimum Gasteiger partial charge on any atom is -0.496 e. The second-order valence-corrected chi connectivity index (χ2v) is 7.93. The molecule has 0 N–H and O–H groups in total. The summed E-state index contributed by atoms with van der Waals surface area (Å²) in [5, 5.41) is 8.48. The summed E-state index contributed by atoms with van der Waals surface area (Å²) < 4.78 is 5.48. The second-order valence-electron chi connectivity index (χ2n) is 7.93. The highest BCUT2D eigenvalue weighted by Gasteiger charge is 2.53. The van der Waals surface area contributed by atoms with Crippen molar-refractivity contribution in [1.29, 1.82) is 0 Å². The molecule has 2 heterocycles. The Kier molecular flexibility index (Phi) is 4.96. The summed E-state index contributed by atoms with van der Waals surface area (Å²) in [6.07, 6.45) is 2.78. The molecule has 1 aliphatic carbocycles. The number of aromatic nitrogens is 2. The summed E-state index contributed by atoms with van der Waals surface area (Å²) in [6.45, 7) is 7.16. The van der Waals surface area contributed by atoms with Crippen LogP contribution in [0.15, 0.2) is 30.3 Å². The fourth-order valence-electron chi connectivity index (χ4n) is 4.08. The predicted octanol–water partition coefficient (Wildman–Crippen LogP) is 2.87. The Labute approximate surface area is 166 Å². The molecule has 1 saturated carbocycles. The third-order valence-corrected chi connectivity index (χ3v) is 6.01. The summed E-state index contributed by atoms with van der Waals surface area (Å²) in [4.78, 5) is 17.7. The molecule has 6 heteroatoms. The van der Waals surface area contributed by atoms with Gasteiger partial charge in [-0.15, -0.1) is 5.10 Å². The minimum atomic E-state index is -0.361. The van der Waals surface area contributed by atoms with Crippen LogP contribution in [-0.4, -0.2) is 54.3 Å². The first kappa shape index (κ1) is 18.7. The van der Waals surface area contributed by atoms with Crippen LogP contribution in [0.5, 0.6) is 5.75 Å². The zero-order valence-corrected chi connectivity index (χ0v) is 16.9. The number of amides is 1. The van der Waals surface area contributed by atoms with Gasteiger partial charge in [0.05, 0.1) is 18.2 Å². The van der Waals surface area contributed by atoms with Crippen molar-refractivity contribution in [1.82, 2.24) is 15.1 Å². The van der Waals surface area contributed by atoms with E-state index >= 15 is 0 Å². The molecule has 1 aromatic carbocycles. The molecule has 0 spiro atoms. The van der Waals surface area contributed by atoms with E-state index in [2.05, 4.69) is 27.2 Å². The van der Waals surface area contributed by atoms with E-state index in [9.17, 15) is 4.79 Å². The maximum atomic E-state index is 13.4. The monoisotopic (exact) mass is 380 g/mol. The highest BCUT2D eigenvalue weighted by atomic mass is 16.5. The van der Waals surface area contributed by atoms with Gasteiger partial charge >= 0.3 is 0 Å². The summed E-state index contributed by atoms with van der Waals surface area (Å²) in [5.41, 5.74) is 2.74. The molecule has 0 bridgehead atoms. The normalized spacial score (nSPS) is 18.5. The Hall–Kier alpha value is -2.63. The lowest BCUT2D eigenvalue weighted by molar-refractivity contribution is -0.133. The molecule has 28 heavy (non-hydrogen) atoms. The summed E-state index contributed by atoms with van der Waals surface area (Å²) in [6, 6.07) is 10.2. The molecule has 1 aliphatic heterocycles. The highest BCUT2D eigenvalue weighted by Crippen LogP contribution is 2.50. The molecule has 2 fully saturated rings. The van der Waals surface area contributed by atoms with Gasteiger partial charge < -0.3 is 14.5 Å². The number of anilines is 1. The number of ether oxygens (including phenoxy) is 1. The van der Waals surface area contributed by atoms with Gasteiger partial charge in [0, 0.05) is 26.2 Å². The van der Waals surface area contributed by atoms with Crippen LogP contribution in [0.25, 0.3) is 0 Å². The van der Waals surface area contributed by atoms with Crippen molar-refractivity contribution in [3.63, 3.8) is 0 Å². The van der Waals surface area contributed by atoms with E-state index < -0.39 is 0 Å². The average Bonchev–Trinajstić information content (AvgIpc) is 3.53. The number of benzene rings is 1. The molecular weight excluding hydrogens is 352 g/mol. The second kappa shape index (κ2) is 7.41. The fraction of sp³-hybridized carbons (Fsp3) is 0.500. The lowest BCUT2D eigenvalue weighted by Gasteiger charge is -2.27. The van der Waals surface area contributed by atoms with Crippen molar-refractivity contribution in [3.8, 4) is 5.75 Å². The maximum absolute atomic E-state index is 13.4. The molecule has 1 amide bonds. The lowest BCUT2D eigenvalue weighted by Crippen LogP contribution is -2.41. The van der Waals surface area contributed by atoms with Gasteiger partial charge in [0.1, 0.15) is 5.75 Å². The number of carbonyl (C=O) groups is 1. The molecule has 0 unspecified atom stereocenters. The molecule has 1 saturated heterocycles. The van der Waals surface area contributed by atoms with Crippen LogP contribution in [0, 0.1) is 13.8 Å². The SMILES string of the molecule is COc1cc(C2(C(=O)N3CCCN(c4ccc(C)nn4)CC3)CC2)ccc1C. The van der Waals surface area contributed by atoms with Crippen molar-refractivity contribution in [3.05, 3.63) is 47.2 Å². The Morgan fingerprint density at radius 3 is 2.54 bits per heavy atom. The fourth-order valence-corrected chi connectivity index (χ4v) is 4.08. The van der Waals surface area contributed by atoms with Crippen LogP contribution in [0.2, 0.25) is 0 Å². The topological polar surface area (TPSA) is 58.6 Å². The molecule has 0 radical (unpaired) electrons. The molecule has 2 aliphatic rings. The smallest absolute Gasteiger partial charge is 0.233 e. The van der Waals surface area contributed by atoms with Gasteiger partial charge in [0.2, 0.25) is 5.91 Å². The number of methoxy groups -OCH3 is 1. The number of hydrogen-bond acceptors (Lipinski definition) is 5. The molecule has 6 nitrogen and oxygen atoms in total. The maximum Gasteiger partial charge on any atom is 0.233 e. The first-order valence-corrected chi connectivity index (χ1v) is 10.0. The van der Waals surface area contributed by atoms with Crippen LogP contribution >= 0.6 is 0 Å². The number of hydrogen-bond donors (Lipinski definition) is 0. The third kappa shape index (κ3) is 3.43. The van der Waals surface area contributed by atoms with E-state index in [0.29, 0.717) is 0 Å². The van der Waals surface area contributed by atoms with E-state index in [1.54, 1.807) is 7.11 Å². The molecule has 4 rings (SSSR count). The van der Waals surface area contributed by atoms with Crippen molar-refractivity contribution in [2.45, 2.75) is 38.5 Å². The molecular formula is C22H28N4O2. The Balaban J connectivity index is 1.48. The van der Waals surface area contributed by atoms with Crippen LogP contribution in [0.1, 0.15) is 36.1 Å². The Morgan fingerprint density at radius 2 is 1.86 bits per heavy atom. The quantitative estimate of drug-likeness (QED) is 0.816. The molecule has 1 aromatic heterocycles. The third-order valence-electron chi connectivity index (χ3n) is 6.01. The number of aryl methyl sites for hydroxylation is 2. The first-order chi connectivity index (χ1) is 13.5. The standard InChI is InChI=1S/C22H28N4O2/c1-16-5-7-18(15-19(16)28-3)22(9-10-22)21(27)26-12-4-11-25(13-14-26)20-8-6-17(2)23-24-20/h5-8,15H,4,9-14H2,1-3H3.